The average Bonchev–Trinajstić information content (AvgIpc) is 3.15. The van der Waals surface area contributed by atoms with Crippen LogP contribution in [0.2, 0.25) is 0 Å². The van der Waals surface area contributed by atoms with Gasteiger partial charge in [-0.15, -0.1) is 6.42 Å². The van der Waals surface area contributed by atoms with E-state index in [0.29, 0.717) is 12.1 Å². The van der Waals surface area contributed by atoms with Gasteiger partial charge in [0, 0.05) is 24.2 Å². The number of benzene rings is 2. The fourth-order valence-electron chi connectivity index (χ4n) is 5.61. The first kappa shape index (κ1) is 31.4. The van der Waals surface area contributed by atoms with Crippen LogP contribution in [0.5, 0.6) is 11.5 Å². The SMILES string of the molecule is C#CCOc1cccc(CN2C3CCC2CC(O)(c2ccccc2OC)C3)c1.O=C(O)CC(O)(CC(=O)O)C(=O)O. The fraction of sp³-hybridized carbons (Fsp3) is 0.433. The normalized spacial score (nSPS) is 21.6. The number of terminal acetylenes is 1. The minimum atomic E-state index is -2.74. The summed E-state index contributed by atoms with van der Waals surface area (Å²) in [5.74, 6) is -0.930. The number of nitrogens with zero attached hydrogens (tertiary/aromatic N) is 1. The van der Waals surface area contributed by atoms with Gasteiger partial charge in [0.1, 0.15) is 18.1 Å². The number of methoxy groups -OCH3 is 1. The van der Waals surface area contributed by atoms with Crippen molar-refractivity contribution < 1.29 is 49.4 Å². The maximum absolute atomic E-state index is 11.5. The van der Waals surface area contributed by atoms with Crippen molar-refractivity contribution in [3.8, 4) is 23.8 Å². The Labute approximate surface area is 237 Å². The van der Waals surface area contributed by atoms with Crippen molar-refractivity contribution in [3.63, 3.8) is 0 Å². The molecule has 2 unspecified atom stereocenters. The molecular weight excluding hydrogens is 534 g/mol. The minimum absolute atomic E-state index is 0.282. The van der Waals surface area contributed by atoms with Crippen molar-refractivity contribution in [2.24, 2.45) is 0 Å². The van der Waals surface area contributed by atoms with Crippen LogP contribution in [0.4, 0.5) is 0 Å². The van der Waals surface area contributed by atoms with Gasteiger partial charge < -0.3 is 35.0 Å². The molecule has 0 saturated carbocycles. The van der Waals surface area contributed by atoms with Crippen LogP contribution in [0.15, 0.2) is 48.5 Å². The number of rotatable bonds is 11. The van der Waals surface area contributed by atoms with E-state index >= 15 is 0 Å². The lowest BCUT2D eigenvalue weighted by molar-refractivity contribution is -0.170. The molecule has 0 aliphatic carbocycles. The predicted octanol–water partition coefficient (Wildman–Crippen LogP) is 2.47. The van der Waals surface area contributed by atoms with Crippen molar-refractivity contribution in [1.29, 1.82) is 0 Å². The van der Waals surface area contributed by atoms with E-state index < -0.39 is 42.0 Å². The molecule has 0 amide bonds. The molecule has 4 rings (SSSR count). The summed E-state index contributed by atoms with van der Waals surface area (Å²) in [6, 6.07) is 16.7. The van der Waals surface area contributed by atoms with Crippen LogP contribution >= 0.6 is 0 Å². The van der Waals surface area contributed by atoms with Crippen molar-refractivity contribution in [2.45, 2.75) is 68.4 Å². The summed E-state index contributed by atoms with van der Waals surface area (Å²) in [6.45, 7) is 1.15. The van der Waals surface area contributed by atoms with Crippen molar-refractivity contribution in [2.75, 3.05) is 13.7 Å². The number of fused-ring (bicyclic) bond motifs is 2. The molecule has 41 heavy (non-hydrogen) atoms. The lowest BCUT2D eigenvalue weighted by Crippen LogP contribution is -2.49. The third-order valence-electron chi connectivity index (χ3n) is 7.40. The number of hydrogen-bond donors (Lipinski definition) is 5. The number of ether oxygens (including phenoxy) is 2. The van der Waals surface area contributed by atoms with Gasteiger partial charge in [-0.2, -0.15) is 0 Å². The molecule has 2 saturated heterocycles. The zero-order valence-electron chi connectivity index (χ0n) is 22.7. The average molecular weight is 570 g/mol. The van der Waals surface area contributed by atoms with Crippen molar-refractivity contribution in [1.82, 2.24) is 4.90 Å². The van der Waals surface area contributed by atoms with Gasteiger partial charge in [0.2, 0.25) is 0 Å². The van der Waals surface area contributed by atoms with Crippen molar-refractivity contribution >= 4 is 17.9 Å². The Kier molecular flexibility index (Phi) is 10.3. The first-order valence-electron chi connectivity index (χ1n) is 13.1. The maximum atomic E-state index is 11.5. The van der Waals surface area contributed by atoms with Gasteiger partial charge in [0.05, 0.1) is 25.6 Å². The molecule has 0 spiro atoms. The van der Waals surface area contributed by atoms with E-state index in [4.69, 9.17) is 36.3 Å². The number of hydrogen-bond acceptors (Lipinski definition) is 8. The summed E-state index contributed by atoms with van der Waals surface area (Å²) in [4.78, 5) is 33.0. The molecule has 2 aromatic carbocycles. The molecule has 11 nitrogen and oxygen atoms in total. The van der Waals surface area contributed by atoms with E-state index in [1.807, 2.05) is 36.4 Å². The summed E-state index contributed by atoms with van der Waals surface area (Å²) < 4.78 is 11.1. The number of carbonyl (C=O) groups is 3. The molecule has 0 radical (unpaired) electrons. The molecule has 2 atom stereocenters. The fourth-order valence-corrected chi connectivity index (χ4v) is 5.61. The van der Waals surface area contributed by atoms with Gasteiger partial charge in [-0.1, -0.05) is 36.3 Å². The highest BCUT2D eigenvalue weighted by Gasteiger charge is 2.49. The molecule has 2 aliphatic heterocycles. The number of para-hydroxylation sites is 1. The molecule has 2 fully saturated rings. The number of piperidine rings is 1. The number of carboxylic acids is 3. The lowest BCUT2D eigenvalue weighted by atomic mass is 9.80. The summed E-state index contributed by atoms with van der Waals surface area (Å²) in [5, 5.41) is 45.3. The Morgan fingerprint density at radius 1 is 1.02 bits per heavy atom. The Morgan fingerprint density at radius 3 is 2.17 bits per heavy atom. The molecule has 5 N–H and O–H groups in total. The van der Waals surface area contributed by atoms with Crippen LogP contribution in [-0.4, -0.2) is 79.7 Å². The second kappa shape index (κ2) is 13.5. The minimum Gasteiger partial charge on any atom is -0.496 e. The zero-order valence-corrected chi connectivity index (χ0v) is 22.7. The zero-order chi connectivity index (χ0) is 30.2. The standard InChI is InChI=1S/C24H27NO3.C6H8O7/c1-3-13-28-21-8-6-7-18(14-21)17-25-19-11-12-20(25)16-24(26,15-19)22-9-4-5-10-23(22)27-2;7-3(8)1-6(13,5(11)12)2-4(9)10/h1,4-10,14,19-20,26H,11-13,15-17H2,2H3;13H,1-2H2,(H,7,8)(H,9,10)(H,11,12). The summed E-state index contributed by atoms with van der Waals surface area (Å²) in [6.07, 6.45) is 6.71. The van der Waals surface area contributed by atoms with Gasteiger partial charge in [-0.25, -0.2) is 4.79 Å². The van der Waals surface area contributed by atoms with E-state index in [0.717, 1.165) is 49.3 Å². The maximum Gasteiger partial charge on any atom is 0.336 e. The highest BCUT2D eigenvalue weighted by Crippen LogP contribution is 2.48. The quantitative estimate of drug-likeness (QED) is 0.252. The van der Waals surface area contributed by atoms with Crippen LogP contribution in [0, 0.1) is 12.3 Å². The molecule has 2 aliphatic rings. The van der Waals surface area contributed by atoms with Crippen LogP contribution in [-0.2, 0) is 26.5 Å². The summed E-state index contributed by atoms with van der Waals surface area (Å²) in [7, 11) is 1.67. The van der Waals surface area contributed by atoms with Gasteiger partial charge in [0.15, 0.2) is 5.60 Å². The van der Waals surface area contributed by atoms with E-state index in [1.165, 1.54) is 5.56 Å². The monoisotopic (exact) mass is 569 g/mol. The number of carboxylic acid groups (broad SMARTS) is 3. The first-order valence-corrected chi connectivity index (χ1v) is 13.1. The van der Waals surface area contributed by atoms with Crippen LogP contribution in [0.1, 0.15) is 49.7 Å². The predicted molar refractivity (Wildman–Crippen MR) is 146 cm³/mol. The molecule has 11 heteroatoms. The Hall–Kier alpha value is -4.11. The Morgan fingerprint density at radius 2 is 1.63 bits per heavy atom. The number of aliphatic carboxylic acids is 3. The van der Waals surface area contributed by atoms with Crippen molar-refractivity contribution in [3.05, 3.63) is 59.7 Å². The molecule has 2 heterocycles. The van der Waals surface area contributed by atoms with Crippen LogP contribution < -0.4 is 9.47 Å². The molecule has 220 valence electrons. The molecule has 0 aromatic heterocycles. The highest BCUT2D eigenvalue weighted by atomic mass is 16.5. The second-order valence-corrected chi connectivity index (χ2v) is 10.3. The van der Waals surface area contributed by atoms with E-state index in [2.05, 4.69) is 23.0 Å². The van der Waals surface area contributed by atoms with E-state index in [-0.39, 0.29) is 6.61 Å². The number of aliphatic hydroxyl groups is 2. The Balaban J connectivity index is 0.000000302. The third kappa shape index (κ3) is 7.98. The van der Waals surface area contributed by atoms with E-state index in [1.54, 1.807) is 7.11 Å². The van der Waals surface area contributed by atoms with Crippen LogP contribution in [0.3, 0.4) is 0 Å². The van der Waals surface area contributed by atoms with E-state index in [9.17, 15) is 19.5 Å². The summed E-state index contributed by atoms with van der Waals surface area (Å²) >= 11 is 0. The molecular formula is C30H35NO10. The highest BCUT2D eigenvalue weighted by molar-refractivity contribution is 5.88. The van der Waals surface area contributed by atoms with Gasteiger partial charge in [-0.05, 0) is 49.4 Å². The lowest BCUT2D eigenvalue weighted by Gasteiger charge is -2.44. The molecule has 2 aromatic rings. The third-order valence-corrected chi connectivity index (χ3v) is 7.40. The van der Waals surface area contributed by atoms with Gasteiger partial charge in [0.25, 0.3) is 0 Å². The van der Waals surface area contributed by atoms with Gasteiger partial charge >= 0.3 is 17.9 Å². The first-order chi connectivity index (χ1) is 19.4. The summed E-state index contributed by atoms with van der Waals surface area (Å²) in [5.41, 5.74) is -1.43. The Bertz CT molecular complexity index is 1260. The largest absolute Gasteiger partial charge is 0.496 e. The van der Waals surface area contributed by atoms with Gasteiger partial charge in [-0.3, -0.25) is 14.5 Å². The topological polar surface area (TPSA) is 174 Å². The smallest absolute Gasteiger partial charge is 0.336 e. The molecule has 2 bridgehead atoms. The second-order valence-electron chi connectivity index (χ2n) is 10.3. The van der Waals surface area contributed by atoms with Crippen LogP contribution in [0.25, 0.3) is 0 Å².